The second-order valence-electron chi connectivity index (χ2n) is 4.27. The molecule has 0 saturated heterocycles. The minimum Gasteiger partial charge on any atom is -0.466 e. The van der Waals surface area contributed by atoms with Crippen molar-refractivity contribution in [1.29, 1.82) is 0 Å². The smallest absolute Gasteiger partial charge is 0.426 e. The highest BCUT2D eigenvalue weighted by Crippen LogP contribution is 2.32. The zero-order chi connectivity index (χ0) is 16.2. The van der Waals surface area contributed by atoms with E-state index in [0.717, 1.165) is 6.08 Å². The van der Waals surface area contributed by atoms with Crippen LogP contribution < -0.4 is 0 Å². The number of rotatable bonds is 4. The van der Waals surface area contributed by atoms with Crippen LogP contribution in [-0.4, -0.2) is 18.8 Å². The maximum absolute atomic E-state index is 12.4. The van der Waals surface area contributed by atoms with Gasteiger partial charge in [-0.1, -0.05) is 33.6 Å². The van der Waals surface area contributed by atoms with E-state index < -0.39 is 17.2 Å². The zero-order valence-corrected chi connectivity index (χ0v) is 13.7. The summed E-state index contributed by atoms with van der Waals surface area (Å²) in [5, 5.41) is -1.20. The fraction of sp³-hybridized carbons (Fsp3) is 0.357. The second-order valence-corrected chi connectivity index (χ2v) is 5.53. The minimum atomic E-state index is -4.58. The highest BCUT2D eigenvalue weighted by Gasteiger charge is 2.32. The van der Waals surface area contributed by atoms with Gasteiger partial charge in [-0.2, -0.15) is 13.2 Å². The molecule has 0 N–H and O–H groups in total. The number of esters is 1. The van der Waals surface area contributed by atoms with Crippen molar-refractivity contribution in [2.45, 2.75) is 26.4 Å². The molecule has 21 heavy (non-hydrogen) atoms. The lowest BCUT2D eigenvalue weighted by atomic mass is 10.0. The van der Waals surface area contributed by atoms with Gasteiger partial charge in [-0.15, -0.1) is 0 Å². The van der Waals surface area contributed by atoms with Gasteiger partial charge in [0, 0.05) is 4.47 Å². The third kappa shape index (κ3) is 5.36. The molecule has 7 heteroatoms. The Morgan fingerprint density at radius 1 is 1.43 bits per heavy atom. The van der Waals surface area contributed by atoms with E-state index in [2.05, 4.69) is 15.9 Å². The van der Waals surface area contributed by atoms with E-state index in [1.54, 1.807) is 13.8 Å². The summed E-state index contributed by atoms with van der Waals surface area (Å²) in [4.78, 5) is 11.5. The summed E-state index contributed by atoms with van der Waals surface area (Å²) in [6.45, 7) is 3.68. The van der Waals surface area contributed by atoms with Crippen molar-refractivity contribution >= 4 is 39.6 Å². The number of carbonyl (C=O) groups is 1. The minimum absolute atomic E-state index is 0.0528. The Morgan fingerprint density at radius 3 is 2.52 bits per heavy atom. The standard InChI is InChI=1S/C14H13BrClF3O2/c1-3-21-13(20)7-10-8(2)4-9(5-11(10)15)6-12(16)14(17,18)19/h4-6H,3,7H2,1-2H3/b12-6-. The van der Waals surface area contributed by atoms with E-state index in [1.165, 1.54) is 12.1 Å². The molecule has 116 valence electrons. The molecular formula is C14H13BrClF3O2. The Kier molecular flexibility index (Phi) is 6.28. The second kappa shape index (κ2) is 7.31. The van der Waals surface area contributed by atoms with Gasteiger partial charge in [0.15, 0.2) is 0 Å². The number of benzene rings is 1. The number of ether oxygens (including phenoxy) is 1. The van der Waals surface area contributed by atoms with Crippen LogP contribution in [0.2, 0.25) is 0 Å². The molecule has 0 aliphatic rings. The third-order valence-corrected chi connectivity index (χ3v) is 3.66. The first-order valence-corrected chi connectivity index (χ1v) is 7.21. The molecule has 0 amide bonds. The Hall–Kier alpha value is -1.01. The van der Waals surface area contributed by atoms with Gasteiger partial charge in [0.1, 0.15) is 5.03 Å². The number of halogens is 5. The molecule has 0 aliphatic carbocycles. The van der Waals surface area contributed by atoms with E-state index in [1.807, 2.05) is 0 Å². The quantitative estimate of drug-likeness (QED) is 0.681. The van der Waals surface area contributed by atoms with Crippen molar-refractivity contribution in [3.05, 3.63) is 38.3 Å². The molecule has 1 aromatic rings. The molecule has 1 aromatic carbocycles. The van der Waals surface area contributed by atoms with E-state index in [-0.39, 0.29) is 13.0 Å². The lowest BCUT2D eigenvalue weighted by Gasteiger charge is -2.11. The van der Waals surface area contributed by atoms with Gasteiger partial charge < -0.3 is 4.74 Å². The fourth-order valence-corrected chi connectivity index (χ4v) is 2.54. The van der Waals surface area contributed by atoms with Crippen molar-refractivity contribution in [2.24, 2.45) is 0 Å². The molecule has 0 bridgehead atoms. The number of hydrogen-bond acceptors (Lipinski definition) is 2. The first kappa shape index (κ1) is 18.0. The van der Waals surface area contributed by atoms with Crippen LogP contribution in [0.5, 0.6) is 0 Å². The van der Waals surface area contributed by atoms with Gasteiger partial charge in [-0.05, 0) is 42.7 Å². The van der Waals surface area contributed by atoms with Gasteiger partial charge in [-0.25, -0.2) is 0 Å². The number of hydrogen-bond donors (Lipinski definition) is 0. The van der Waals surface area contributed by atoms with E-state index in [4.69, 9.17) is 16.3 Å². The summed E-state index contributed by atoms with van der Waals surface area (Å²) in [5.74, 6) is -0.391. The SMILES string of the molecule is CCOC(=O)Cc1c(C)cc(/C=C(\Cl)C(F)(F)F)cc1Br. The monoisotopic (exact) mass is 384 g/mol. The average molecular weight is 386 g/mol. The highest BCUT2D eigenvalue weighted by atomic mass is 79.9. The molecule has 2 nitrogen and oxygen atoms in total. The Balaban J connectivity index is 3.08. The Bertz CT molecular complexity index is 545. The molecule has 0 spiro atoms. The van der Waals surface area contributed by atoms with Crippen molar-refractivity contribution in [3.63, 3.8) is 0 Å². The normalized spacial score (nSPS) is 12.4. The zero-order valence-electron chi connectivity index (χ0n) is 11.4. The van der Waals surface area contributed by atoms with Crippen molar-refractivity contribution < 1.29 is 22.7 Å². The molecule has 0 atom stereocenters. The van der Waals surface area contributed by atoms with Crippen LogP contribution in [0, 0.1) is 6.92 Å². The maximum Gasteiger partial charge on any atom is 0.426 e. The first-order chi connectivity index (χ1) is 9.65. The lowest BCUT2D eigenvalue weighted by Crippen LogP contribution is -2.09. The van der Waals surface area contributed by atoms with Crippen LogP contribution in [-0.2, 0) is 16.0 Å². The predicted molar refractivity (Wildman–Crippen MR) is 79.1 cm³/mol. The summed E-state index contributed by atoms with van der Waals surface area (Å²) in [7, 11) is 0. The summed E-state index contributed by atoms with van der Waals surface area (Å²) in [5.41, 5.74) is 1.65. The van der Waals surface area contributed by atoms with Crippen LogP contribution in [0.3, 0.4) is 0 Å². The third-order valence-electron chi connectivity index (χ3n) is 2.63. The molecule has 0 aliphatic heterocycles. The molecule has 0 saturated carbocycles. The van der Waals surface area contributed by atoms with Gasteiger partial charge in [0.05, 0.1) is 13.0 Å². The van der Waals surface area contributed by atoms with Crippen LogP contribution >= 0.6 is 27.5 Å². The summed E-state index contributed by atoms with van der Waals surface area (Å²) < 4.78 is 42.6. The number of aryl methyl sites for hydroxylation is 1. The largest absolute Gasteiger partial charge is 0.466 e. The van der Waals surface area contributed by atoms with E-state index in [9.17, 15) is 18.0 Å². The summed E-state index contributed by atoms with van der Waals surface area (Å²) in [6, 6.07) is 3.02. The Morgan fingerprint density at radius 2 is 2.05 bits per heavy atom. The number of carbonyl (C=O) groups excluding carboxylic acids is 1. The molecule has 0 radical (unpaired) electrons. The fourth-order valence-electron chi connectivity index (χ4n) is 1.69. The van der Waals surface area contributed by atoms with Gasteiger partial charge in [0.25, 0.3) is 0 Å². The molecule has 0 fully saturated rings. The molecule has 1 rings (SSSR count). The van der Waals surface area contributed by atoms with Crippen LogP contribution in [0.25, 0.3) is 6.08 Å². The van der Waals surface area contributed by atoms with E-state index >= 15 is 0 Å². The molecule has 0 heterocycles. The van der Waals surface area contributed by atoms with Crippen molar-refractivity contribution in [2.75, 3.05) is 6.61 Å². The summed E-state index contributed by atoms with van der Waals surface area (Å²) >= 11 is 8.46. The van der Waals surface area contributed by atoms with Gasteiger partial charge in [-0.3, -0.25) is 4.79 Å². The van der Waals surface area contributed by atoms with Crippen molar-refractivity contribution in [1.82, 2.24) is 0 Å². The predicted octanol–water partition coefficient (Wildman–Crippen LogP) is 5.01. The highest BCUT2D eigenvalue weighted by molar-refractivity contribution is 9.10. The lowest BCUT2D eigenvalue weighted by molar-refractivity contribution is -0.142. The topological polar surface area (TPSA) is 26.3 Å². The maximum atomic E-state index is 12.4. The molecule has 0 unspecified atom stereocenters. The first-order valence-electron chi connectivity index (χ1n) is 6.04. The average Bonchev–Trinajstić information content (AvgIpc) is 2.33. The van der Waals surface area contributed by atoms with Crippen molar-refractivity contribution in [3.8, 4) is 0 Å². The molecule has 0 aromatic heterocycles. The van der Waals surface area contributed by atoms with Gasteiger partial charge in [0.2, 0.25) is 0 Å². The number of allylic oxidation sites excluding steroid dienone is 1. The molecular weight excluding hydrogens is 373 g/mol. The van der Waals surface area contributed by atoms with Crippen LogP contribution in [0.1, 0.15) is 23.6 Å². The number of alkyl halides is 3. The van der Waals surface area contributed by atoms with Crippen LogP contribution in [0.15, 0.2) is 21.6 Å². The summed E-state index contributed by atoms with van der Waals surface area (Å²) in [6.07, 6.45) is -3.68. The van der Waals surface area contributed by atoms with E-state index in [0.29, 0.717) is 21.2 Å². The van der Waals surface area contributed by atoms with Gasteiger partial charge >= 0.3 is 12.1 Å². The van der Waals surface area contributed by atoms with Crippen LogP contribution in [0.4, 0.5) is 13.2 Å². The Labute approximate surface area is 134 Å².